The topological polar surface area (TPSA) is 58.2 Å². The van der Waals surface area contributed by atoms with Crippen LogP contribution in [-0.2, 0) is 0 Å². The molecule has 0 aliphatic heterocycles. The van der Waals surface area contributed by atoms with Gasteiger partial charge < -0.3 is 10.6 Å². The van der Waals surface area contributed by atoms with Gasteiger partial charge in [-0.2, -0.15) is 0 Å². The Bertz CT molecular complexity index is 1340. The zero-order chi connectivity index (χ0) is 27.4. The van der Waals surface area contributed by atoms with Crippen LogP contribution in [0.25, 0.3) is 11.1 Å². The number of hydrogen-bond donors (Lipinski definition) is 2. The molecule has 4 aromatic carbocycles. The molecule has 0 radical (unpaired) electrons. The fourth-order valence-electron chi connectivity index (χ4n) is 4.39. The lowest BCUT2D eigenvalue weighted by molar-refractivity contribution is 0.101. The highest BCUT2D eigenvalue weighted by Crippen LogP contribution is 2.29. The number of aryl methyl sites for hydroxylation is 2. The Balaban J connectivity index is 1.45. The van der Waals surface area contributed by atoms with E-state index >= 15 is 0 Å². The molecule has 0 aromatic heterocycles. The maximum absolute atomic E-state index is 12.8. The molecule has 0 unspecified atom stereocenters. The average molecular weight is 505 g/mol. The standard InChI is InChI=1S/C34H36N2O2/c1-21(2)25-7-11-27(12-8-25)33(37)35-31-17-15-29(19-23(31)5)30-16-18-32(24(6)20-30)36-34(38)28-13-9-26(10-14-28)22(3)4/h7-22H,1-6H3,(H,35,37)(H,36,38). The lowest BCUT2D eigenvalue weighted by Gasteiger charge is -2.13. The van der Waals surface area contributed by atoms with Crippen molar-refractivity contribution in [3.8, 4) is 11.1 Å². The molecule has 2 amide bonds. The van der Waals surface area contributed by atoms with Gasteiger partial charge in [0.05, 0.1) is 0 Å². The summed E-state index contributed by atoms with van der Waals surface area (Å²) in [4.78, 5) is 25.6. The predicted molar refractivity (Wildman–Crippen MR) is 158 cm³/mol. The minimum absolute atomic E-state index is 0.119. The van der Waals surface area contributed by atoms with Crippen LogP contribution in [0, 0.1) is 13.8 Å². The minimum Gasteiger partial charge on any atom is -0.322 e. The Morgan fingerprint density at radius 3 is 1.16 bits per heavy atom. The number of benzene rings is 4. The van der Waals surface area contributed by atoms with Crippen LogP contribution in [0.5, 0.6) is 0 Å². The molecule has 0 bridgehead atoms. The van der Waals surface area contributed by atoms with E-state index in [9.17, 15) is 9.59 Å². The van der Waals surface area contributed by atoms with E-state index in [0.717, 1.165) is 33.6 Å². The van der Waals surface area contributed by atoms with Crippen LogP contribution in [0.3, 0.4) is 0 Å². The Kier molecular flexibility index (Phi) is 8.11. The van der Waals surface area contributed by atoms with E-state index < -0.39 is 0 Å². The highest BCUT2D eigenvalue weighted by atomic mass is 16.2. The van der Waals surface area contributed by atoms with Gasteiger partial charge >= 0.3 is 0 Å². The molecule has 0 atom stereocenters. The number of anilines is 2. The van der Waals surface area contributed by atoms with Gasteiger partial charge in [0, 0.05) is 22.5 Å². The molecule has 0 heterocycles. The molecule has 4 aromatic rings. The summed E-state index contributed by atoms with van der Waals surface area (Å²) in [6.07, 6.45) is 0. The fourth-order valence-corrected chi connectivity index (χ4v) is 4.39. The third-order valence-electron chi connectivity index (χ3n) is 6.96. The second-order valence-corrected chi connectivity index (χ2v) is 10.5. The van der Waals surface area contributed by atoms with E-state index in [-0.39, 0.29) is 11.8 Å². The average Bonchev–Trinajstić information content (AvgIpc) is 2.91. The van der Waals surface area contributed by atoms with Crippen molar-refractivity contribution in [2.45, 2.75) is 53.4 Å². The van der Waals surface area contributed by atoms with Gasteiger partial charge in [-0.25, -0.2) is 0 Å². The fraction of sp³-hybridized carbons (Fsp3) is 0.235. The molecule has 38 heavy (non-hydrogen) atoms. The second kappa shape index (κ2) is 11.5. The van der Waals surface area contributed by atoms with Crippen molar-refractivity contribution < 1.29 is 9.59 Å². The molecule has 0 fully saturated rings. The molecule has 0 saturated carbocycles. The molecule has 0 spiro atoms. The van der Waals surface area contributed by atoms with Gasteiger partial charge in [0.2, 0.25) is 0 Å². The zero-order valence-corrected chi connectivity index (χ0v) is 23.1. The van der Waals surface area contributed by atoms with Crippen molar-refractivity contribution in [1.82, 2.24) is 0 Å². The molecule has 4 rings (SSSR count). The van der Waals surface area contributed by atoms with E-state index in [0.29, 0.717) is 23.0 Å². The molecule has 4 nitrogen and oxygen atoms in total. The van der Waals surface area contributed by atoms with Gasteiger partial charge in [-0.15, -0.1) is 0 Å². The van der Waals surface area contributed by atoms with Gasteiger partial charge in [-0.3, -0.25) is 9.59 Å². The number of nitrogens with one attached hydrogen (secondary N) is 2. The summed E-state index contributed by atoms with van der Waals surface area (Å²) in [5.41, 5.74) is 9.34. The van der Waals surface area contributed by atoms with Crippen LogP contribution in [-0.4, -0.2) is 11.8 Å². The summed E-state index contributed by atoms with van der Waals surface area (Å²) in [6, 6.07) is 27.6. The van der Waals surface area contributed by atoms with Crippen molar-refractivity contribution in [3.63, 3.8) is 0 Å². The quantitative estimate of drug-likeness (QED) is 0.264. The van der Waals surface area contributed by atoms with Crippen molar-refractivity contribution in [1.29, 1.82) is 0 Å². The van der Waals surface area contributed by atoms with Crippen LogP contribution in [0.2, 0.25) is 0 Å². The lowest BCUT2D eigenvalue weighted by atomic mass is 9.99. The molecule has 4 heteroatoms. The van der Waals surface area contributed by atoms with Crippen molar-refractivity contribution in [2.75, 3.05) is 10.6 Å². The number of rotatable bonds is 7. The first-order valence-corrected chi connectivity index (χ1v) is 13.2. The lowest BCUT2D eigenvalue weighted by Crippen LogP contribution is -2.13. The predicted octanol–water partition coefficient (Wildman–Crippen LogP) is 8.72. The molecular weight excluding hydrogens is 468 g/mol. The number of hydrogen-bond acceptors (Lipinski definition) is 2. The Morgan fingerprint density at radius 1 is 0.526 bits per heavy atom. The van der Waals surface area contributed by atoms with Gasteiger partial charge in [0.25, 0.3) is 11.8 Å². The van der Waals surface area contributed by atoms with E-state index in [1.165, 1.54) is 11.1 Å². The van der Waals surface area contributed by atoms with Crippen LogP contribution in [0.15, 0.2) is 84.9 Å². The maximum atomic E-state index is 12.8. The van der Waals surface area contributed by atoms with Gasteiger partial charge in [0.1, 0.15) is 0 Å². The van der Waals surface area contributed by atoms with E-state index in [4.69, 9.17) is 0 Å². The van der Waals surface area contributed by atoms with Crippen molar-refractivity contribution >= 4 is 23.2 Å². The summed E-state index contributed by atoms with van der Waals surface area (Å²) in [6.45, 7) is 12.5. The molecule has 0 aliphatic rings. The van der Waals surface area contributed by atoms with Gasteiger partial charge in [0.15, 0.2) is 0 Å². The minimum atomic E-state index is -0.119. The first-order valence-electron chi connectivity index (χ1n) is 13.2. The Labute approximate surface area is 226 Å². The number of amides is 2. The smallest absolute Gasteiger partial charge is 0.255 e. The summed E-state index contributed by atoms with van der Waals surface area (Å²) >= 11 is 0. The van der Waals surface area contributed by atoms with E-state index in [1.807, 2.05) is 86.6 Å². The molecular formula is C34H36N2O2. The Hall–Kier alpha value is -4.18. The molecule has 194 valence electrons. The van der Waals surface area contributed by atoms with Crippen LogP contribution in [0.1, 0.15) is 82.5 Å². The first kappa shape index (κ1) is 26.9. The zero-order valence-electron chi connectivity index (χ0n) is 23.1. The largest absolute Gasteiger partial charge is 0.322 e. The van der Waals surface area contributed by atoms with Crippen LogP contribution in [0.4, 0.5) is 11.4 Å². The monoisotopic (exact) mass is 504 g/mol. The summed E-state index contributed by atoms with van der Waals surface area (Å²) in [5.74, 6) is 0.618. The third-order valence-corrected chi connectivity index (χ3v) is 6.96. The summed E-state index contributed by atoms with van der Waals surface area (Å²) in [7, 11) is 0. The van der Waals surface area contributed by atoms with Crippen LogP contribution >= 0.6 is 0 Å². The van der Waals surface area contributed by atoms with E-state index in [2.05, 4.69) is 50.5 Å². The first-order chi connectivity index (χ1) is 18.1. The summed E-state index contributed by atoms with van der Waals surface area (Å²) in [5, 5.41) is 6.07. The Morgan fingerprint density at radius 2 is 0.868 bits per heavy atom. The van der Waals surface area contributed by atoms with Gasteiger partial charge in [-0.05, 0) is 108 Å². The SMILES string of the molecule is Cc1cc(-c2ccc(NC(=O)c3ccc(C(C)C)cc3)c(C)c2)ccc1NC(=O)c1ccc(C(C)C)cc1. The van der Waals surface area contributed by atoms with E-state index in [1.54, 1.807) is 0 Å². The molecule has 0 aliphatic carbocycles. The maximum Gasteiger partial charge on any atom is 0.255 e. The highest BCUT2D eigenvalue weighted by Gasteiger charge is 2.12. The summed E-state index contributed by atoms with van der Waals surface area (Å²) < 4.78 is 0. The van der Waals surface area contributed by atoms with Crippen LogP contribution < -0.4 is 10.6 Å². The highest BCUT2D eigenvalue weighted by molar-refractivity contribution is 6.05. The number of carbonyl (C=O) groups is 2. The van der Waals surface area contributed by atoms with Gasteiger partial charge in [-0.1, -0.05) is 64.1 Å². The normalized spacial score (nSPS) is 11.1. The van der Waals surface area contributed by atoms with Crippen molar-refractivity contribution in [2.24, 2.45) is 0 Å². The molecule has 2 N–H and O–H groups in total. The second-order valence-electron chi connectivity index (χ2n) is 10.5. The molecule has 0 saturated heterocycles. The number of carbonyl (C=O) groups excluding carboxylic acids is 2. The van der Waals surface area contributed by atoms with Crippen molar-refractivity contribution in [3.05, 3.63) is 118 Å². The third kappa shape index (κ3) is 6.20.